The van der Waals surface area contributed by atoms with Gasteiger partial charge in [-0.15, -0.1) is 0 Å². The molecule has 4 N–H and O–H groups in total. The lowest BCUT2D eigenvalue weighted by atomic mass is 10.0. The number of fused-ring (bicyclic) bond motifs is 2. The normalized spacial score (nSPS) is 20.8. The van der Waals surface area contributed by atoms with Crippen molar-refractivity contribution < 1.29 is 38.1 Å². The zero-order chi connectivity index (χ0) is 47.1. The van der Waals surface area contributed by atoms with E-state index < -0.39 is 30.1 Å². The molecular weight excluding hydrogens is 846 g/mol. The molecule has 5 heterocycles. The van der Waals surface area contributed by atoms with E-state index in [4.69, 9.17) is 19.4 Å². The van der Waals surface area contributed by atoms with Gasteiger partial charge in [-0.2, -0.15) is 0 Å². The lowest BCUT2D eigenvalue weighted by Crippen LogP contribution is -2.51. The van der Waals surface area contributed by atoms with Gasteiger partial charge in [0.05, 0.1) is 59.4 Å². The predicted octanol–water partition coefficient (Wildman–Crippen LogP) is 8.79. The van der Waals surface area contributed by atoms with Crippen LogP contribution < -0.4 is 15.0 Å². The number of likely N-dealkylation sites (tertiary alicyclic amines) is 2. The third-order valence-electron chi connectivity index (χ3n) is 13.5. The first kappa shape index (κ1) is 46.2. The minimum atomic E-state index is -1.15. The van der Waals surface area contributed by atoms with Crippen LogP contribution in [0.25, 0.3) is 22.1 Å². The number of alkyl carbamates (subject to hydrolysis) is 1. The van der Waals surface area contributed by atoms with Gasteiger partial charge in [-0.1, -0.05) is 39.8 Å². The first-order chi connectivity index (χ1) is 31.5. The number of carbonyl (C=O) groups excluding carboxylic acids is 3. The van der Waals surface area contributed by atoms with Gasteiger partial charge in [0.15, 0.2) is 11.6 Å². The minimum absolute atomic E-state index is 0.146. The molecule has 0 radical (unpaired) electrons. The fourth-order valence-corrected chi connectivity index (χ4v) is 10.3. The molecule has 66 heavy (non-hydrogen) atoms. The molecule has 3 aromatic carbocycles. The monoisotopic (exact) mass is 907 g/mol. The highest BCUT2D eigenvalue weighted by atomic mass is 19.1. The largest absolute Gasteiger partial charge is 0.488 e. The Morgan fingerprint density at radius 1 is 0.758 bits per heavy atom. The van der Waals surface area contributed by atoms with Gasteiger partial charge in [0.1, 0.15) is 23.7 Å². The number of benzene rings is 3. The number of anilines is 1. The molecule has 3 saturated heterocycles. The number of imidazole rings is 2. The smallest absolute Gasteiger partial charge is 0.407 e. The van der Waals surface area contributed by atoms with Crippen molar-refractivity contribution in [3.63, 3.8) is 0 Å². The van der Waals surface area contributed by atoms with Crippen LogP contribution in [0, 0.1) is 17.7 Å². The van der Waals surface area contributed by atoms with Crippen LogP contribution in [-0.4, -0.2) is 109 Å². The van der Waals surface area contributed by atoms with Crippen molar-refractivity contribution in [1.29, 1.82) is 0 Å². The molecule has 8 rings (SSSR count). The third kappa shape index (κ3) is 8.95. The predicted molar refractivity (Wildman–Crippen MR) is 248 cm³/mol. The molecule has 16 nitrogen and oxygen atoms in total. The number of aromatic nitrogens is 4. The average molecular weight is 908 g/mol. The number of ether oxygens (including phenoxy) is 2. The van der Waals surface area contributed by atoms with E-state index in [0.29, 0.717) is 36.8 Å². The lowest BCUT2D eigenvalue weighted by Gasteiger charge is -2.33. The minimum Gasteiger partial charge on any atom is -0.488 e. The molecule has 0 spiro atoms. The number of rotatable bonds is 13. The van der Waals surface area contributed by atoms with Crippen LogP contribution in [0.2, 0.25) is 0 Å². The maximum absolute atomic E-state index is 15.9. The number of carboxylic acid groups (broad SMARTS) is 1. The molecular formula is C49H62FN9O7. The number of nitrogens with one attached hydrogen (secondary N) is 3. The van der Waals surface area contributed by atoms with Crippen molar-refractivity contribution in [3.05, 3.63) is 83.2 Å². The summed E-state index contributed by atoms with van der Waals surface area (Å²) < 4.78 is 26.5. The number of nitrogens with zero attached hydrogens (tertiary/aromatic N) is 6. The van der Waals surface area contributed by atoms with E-state index in [1.54, 1.807) is 21.9 Å². The molecule has 3 fully saturated rings. The number of likely N-dealkylation sites (N-methyl/N-ethyl adjacent to an activating group) is 1. The number of hydrogen-bond acceptors (Lipinski definition) is 9. The van der Waals surface area contributed by atoms with Crippen LogP contribution in [0.3, 0.4) is 0 Å². The zero-order valence-electron chi connectivity index (χ0n) is 39.0. The lowest BCUT2D eigenvalue weighted by molar-refractivity contribution is -0.138. The Morgan fingerprint density at radius 2 is 1.30 bits per heavy atom. The summed E-state index contributed by atoms with van der Waals surface area (Å²) in [5, 5.41) is 12.5. The van der Waals surface area contributed by atoms with Gasteiger partial charge in [0.2, 0.25) is 11.8 Å². The Labute approximate surface area is 384 Å². The molecule has 0 bridgehead atoms. The van der Waals surface area contributed by atoms with E-state index in [0.717, 1.165) is 70.2 Å². The highest BCUT2D eigenvalue weighted by molar-refractivity contribution is 5.87. The molecule has 2 aromatic heterocycles. The fourth-order valence-electron chi connectivity index (χ4n) is 10.3. The summed E-state index contributed by atoms with van der Waals surface area (Å²) in [6.07, 6.45) is 2.54. The zero-order valence-corrected chi connectivity index (χ0v) is 39.0. The van der Waals surface area contributed by atoms with Crippen molar-refractivity contribution >= 4 is 51.8 Å². The molecule has 0 aliphatic carbocycles. The Bertz CT molecular complexity index is 2610. The highest BCUT2D eigenvalue weighted by Gasteiger charge is 2.41. The number of carbonyl (C=O) groups is 4. The second kappa shape index (κ2) is 18.8. The van der Waals surface area contributed by atoms with Crippen molar-refractivity contribution in [2.24, 2.45) is 11.8 Å². The number of halogens is 1. The van der Waals surface area contributed by atoms with Crippen molar-refractivity contribution in [2.45, 2.75) is 122 Å². The summed E-state index contributed by atoms with van der Waals surface area (Å²) in [5.74, 6) is 0.305. The maximum atomic E-state index is 15.9. The second-order valence-electron chi connectivity index (χ2n) is 18.9. The number of aromatic amines is 2. The highest BCUT2D eigenvalue weighted by Crippen LogP contribution is 2.48. The summed E-state index contributed by atoms with van der Waals surface area (Å²) >= 11 is 0. The van der Waals surface area contributed by atoms with Gasteiger partial charge in [0.25, 0.3) is 0 Å². The number of hydrogen-bond donors (Lipinski definition) is 4. The Morgan fingerprint density at radius 3 is 1.77 bits per heavy atom. The molecule has 4 amide bonds. The van der Waals surface area contributed by atoms with E-state index in [1.807, 2.05) is 59.7 Å². The third-order valence-corrected chi connectivity index (χ3v) is 13.5. The Kier molecular flexibility index (Phi) is 13.2. The standard InChI is InChI=1S/C49H62FN9O7/c1-26(2)42(55-48(62)65-8)46(60)57-21-9-11-39(57)44-51-33-16-13-29(23-35(33)53-44)37-18-19-38(59(37)31-15-20-41(32(50)25-31)66-28(5)6)30-14-17-34-36(24-30)54-45(52-34)40-12-10-22-58(40)47(61)43(27(3)4)56(7)49(63)64/h13-17,20,23-28,37-40,42-43H,9-12,18-19,21-22H2,1-8H3,(H,51,53)(H,52,54)(H,55,62)(H,63,64)/t37?,38?,39-,40-,42-,43-/m0/s1. The SMILES string of the molecule is COC(=O)N[C@H](C(=O)N1CCC[C@H]1c1nc2ccc(C3CCC(c4ccc5nc([C@@H]6CCCN6C(=O)[C@H](C(C)C)N(C)C(=O)O)[nH]c5c4)N3c3ccc(OC(C)C)c(F)c3)cc2[nH]1)C(C)C. The maximum Gasteiger partial charge on any atom is 0.407 e. The molecule has 352 valence electrons. The first-order valence-corrected chi connectivity index (χ1v) is 23.2. The first-order valence-electron chi connectivity index (χ1n) is 23.2. The van der Waals surface area contributed by atoms with Gasteiger partial charge in [0, 0.05) is 31.9 Å². The van der Waals surface area contributed by atoms with Crippen LogP contribution in [0.15, 0.2) is 54.6 Å². The van der Waals surface area contributed by atoms with E-state index in [2.05, 4.69) is 44.5 Å². The summed E-state index contributed by atoms with van der Waals surface area (Å²) in [5.41, 5.74) is 5.90. The molecule has 5 aromatic rings. The fraction of sp³-hybridized carbons (Fsp3) is 0.510. The molecule has 3 aliphatic rings. The van der Waals surface area contributed by atoms with Crippen LogP contribution >= 0.6 is 0 Å². The summed E-state index contributed by atoms with van der Waals surface area (Å²) in [6, 6.07) is 15.0. The van der Waals surface area contributed by atoms with E-state index in [-0.39, 0.29) is 59.7 Å². The van der Waals surface area contributed by atoms with Gasteiger partial charge < -0.3 is 44.6 Å². The van der Waals surface area contributed by atoms with Gasteiger partial charge in [-0.25, -0.2) is 23.9 Å². The molecule has 2 unspecified atom stereocenters. The van der Waals surface area contributed by atoms with Crippen LogP contribution in [0.5, 0.6) is 5.75 Å². The van der Waals surface area contributed by atoms with Crippen LogP contribution in [0.1, 0.15) is 127 Å². The van der Waals surface area contributed by atoms with Crippen LogP contribution in [0.4, 0.5) is 19.7 Å². The van der Waals surface area contributed by atoms with Crippen molar-refractivity contribution in [3.8, 4) is 5.75 Å². The van der Waals surface area contributed by atoms with Gasteiger partial charge >= 0.3 is 12.2 Å². The Hall–Kier alpha value is -6.39. The summed E-state index contributed by atoms with van der Waals surface area (Å²) in [4.78, 5) is 75.8. The van der Waals surface area contributed by atoms with Crippen LogP contribution in [-0.2, 0) is 14.3 Å². The molecule has 6 atom stereocenters. The number of amides is 4. The van der Waals surface area contributed by atoms with Gasteiger partial charge in [-0.05, 0) is 112 Å². The quantitative estimate of drug-likeness (QED) is 0.0889. The van der Waals surface area contributed by atoms with E-state index >= 15 is 4.39 Å². The summed E-state index contributed by atoms with van der Waals surface area (Å²) in [7, 11) is 2.72. The molecule has 17 heteroatoms. The van der Waals surface area contributed by atoms with Gasteiger partial charge in [-0.3, -0.25) is 14.5 Å². The van der Waals surface area contributed by atoms with Crippen molar-refractivity contribution in [2.75, 3.05) is 32.1 Å². The van der Waals surface area contributed by atoms with Crippen molar-refractivity contribution in [1.82, 2.24) is 40.0 Å². The molecule has 3 aliphatic heterocycles. The topological polar surface area (TPSA) is 189 Å². The summed E-state index contributed by atoms with van der Waals surface area (Å²) in [6.45, 7) is 12.3. The second-order valence-corrected chi connectivity index (χ2v) is 18.9. The Balaban J connectivity index is 1.10. The molecule has 0 saturated carbocycles. The number of H-pyrrole nitrogens is 2. The van der Waals surface area contributed by atoms with E-state index in [1.165, 1.54) is 14.2 Å². The average Bonchev–Trinajstić information content (AvgIpc) is 4.13. The number of methoxy groups -OCH3 is 1. The van der Waals surface area contributed by atoms with E-state index in [9.17, 15) is 24.3 Å².